The standard InChI is InChI=1S/C55H39NS/c1-55(2)49-34-40(43-21-12-17-38-16-6-7-18-42(38)43)30-32-45(49)46-33-31-41(35-50(46)55)56(52-24-13-22-48-47-20-9-11-25-53(47)57-54(48)52)51-23-10-8-19-44(51)39-28-26-37(27-29-39)36-14-4-3-5-15-36/h3-35H,1-2H3. The number of thiophene rings is 1. The Morgan fingerprint density at radius 2 is 0.965 bits per heavy atom. The number of nitrogens with zero attached hydrogens (tertiary/aromatic N) is 1. The zero-order valence-corrected chi connectivity index (χ0v) is 32.7. The van der Waals surface area contributed by atoms with Crippen LogP contribution in [0.3, 0.4) is 0 Å². The Balaban J connectivity index is 1.08. The van der Waals surface area contributed by atoms with Crippen molar-refractivity contribution in [2.24, 2.45) is 0 Å². The Bertz CT molecular complexity index is 3150. The van der Waals surface area contributed by atoms with Crippen molar-refractivity contribution in [1.29, 1.82) is 0 Å². The second-order valence-electron chi connectivity index (χ2n) is 15.7. The van der Waals surface area contributed by atoms with Crippen LogP contribution >= 0.6 is 11.3 Å². The lowest BCUT2D eigenvalue weighted by atomic mass is 9.81. The molecule has 0 saturated carbocycles. The largest absolute Gasteiger partial charge is 0.308 e. The van der Waals surface area contributed by atoms with Gasteiger partial charge in [-0.05, 0) is 97.2 Å². The minimum atomic E-state index is -0.205. The Labute approximate surface area is 337 Å². The fraction of sp³-hybridized carbons (Fsp3) is 0.0545. The molecule has 1 nitrogen and oxygen atoms in total. The molecule has 2 heteroatoms. The quantitative estimate of drug-likeness (QED) is 0.164. The first-order chi connectivity index (χ1) is 28.0. The number of hydrogen-bond donors (Lipinski definition) is 0. The Hall–Kier alpha value is -6.74. The molecule has 1 aromatic heterocycles. The molecule has 0 N–H and O–H groups in total. The van der Waals surface area contributed by atoms with Gasteiger partial charge in [0.25, 0.3) is 0 Å². The zero-order chi connectivity index (χ0) is 38.1. The molecule has 1 aliphatic rings. The third-order valence-corrected chi connectivity index (χ3v) is 13.3. The molecule has 11 rings (SSSR count). The highest BCUT2D eigenvalue weighted by Crippen LogP contribution is 2.53. The van der Waals surface area contributed by atoms with Gasteiger partial charge in [-0.3, -0.25) is 0 Å². The number of fused-ring (bicyclic) bond motifs is 7. The predicted octanol–water partition coefficient (Wildman–Crippen LogP) is 16.0. The van der Waals surface area contributed by atoms with Crippen molar-refractivity contribution >= 4 is 59.3 Å². The molecule has 10 aromatic rings. The highest BCUT2D eigenvalue weighted by Gasteiger charge is 2.36. The lowest BCUT2D eigenvalue weighted by Gasteiger charge is -2.30. The highest BCUT2D eigenvalue weighted by molar-refractivity contribution is 7.26. The van der Waals surface area contributed by atoms with Crippen LogP contribution < -0.4 is 4.90 Å². The number of benzene rings is 9. The van der Waals surface area contributed by atoms with Crippen molar-refractivity contribution in [2.75, 3.05) is 4.90 Å². The maximum atomic E-state index is 2.51. The molecule has 0 radical (unpaired) electrons. The molecule has 270 valence electrons. The monoisotopic (exact) mass is 745 g/mol. The van der Waals surface area contributed by atoms with Gasteiger partial charge in [-0.2, -0.15) is 0 Å². The minimum Gasteiger partial charge on any atom is -0.308 e. The SMILES string of the molecule is CC1(C)c2cc(-c3cccc4ccccc34)ccc2-c2ccc(N(c3ccccc3-c3ccc(-c4ccccc4)cc3)c3cccc4c3sc3ccccc34)cc21. The predicted molar refractivity (Wildman–Crippen MR) is 245 cm³/mol. The van der Waals surface area contributed by atoms with Crippen LogP contribution in [0.1, 0.15) is 25.0 Å². The van der Waals surface area contributed by atoms with Gasteiger partial charge in [0.05, 0.1) is 16.1 Å². The molecule has 0 saturated heterocycles. The molecule has 1 aliphatic carbocycles. The average molecular weight is 746 g/mol. The third-order valence-electron chi connectivity index (χ3n) is 12.1. The Morgan fingerprint density at radius 3 is 1.82 bits per heavy atom. The van der Waals surface area contributed by atoms with Gasteiger partial charge in [-0.15, -0.1) is 11.3 Å². The number of rotatable bonds is 6. The first-order valence-electron chi connectivity index (χ1n) is 19.8. The summed E-state index contributed by atoms with van der Waals surface area (Å²) in [7, 11) is 0. The summed E-state index contributed by atoms with van der Waals surface area (Å²) >= 11 is 1.88. The summed E-state index contributed by atoms with van der Waals surface area (Å²) < 4.78 is 2.59. The molecular weight excluding hydrogens is 707 g/mol. The van der Waals surface area contributed by atoms with Gasteiger partial charge in [0, 0.05) is 32.1 Å². The van der Waals surface area contributed by atoms with Crippen LogP contribution in [0.15, 0.2) is 200 Å². The smallest absolute Gasteiger partial charge is 0.0640 e. The van der Waals surface area contributed by atoms with E-state index in [0.29, 0.717) is 0 Å². The van der Waals surface area contributed by atoms with E-state index in [-0.39, 0.29) is 5.41 Å². The lowest BCUT2D eigenvalue weighted by molar-refractivity contribution is 0.660. The molecule has 0 amide bonds. The van der Waals surface area contributed by atoms with Crippen molar-refractivity contribution in [1.82, 2.24) is 0 Å². The molecule has 0 aliphatic heterocycles. The topological polar surface area (TPSA) is 3.24 Å². The van der Waals surface area contributed by atoms with Crippen molar-refractivity contribution in [2.45, 2.75) is 19.3 Å². The highest BCUT2D eigenvalue weighted by atomic mass is 32.1. The molecular formula is C55H39NS. The van der Waals surface area contributed by atoms with Gasteiger partial charge < -0.3 is 4.90 Å². The summed E-state index contributed by atoms with van der Waals surface area (Å²) in [6, 6.07) is 73.8. The fourth-order valence-electron chi connectivity index (χ4n) is 9.21. The van der Waals surface area contributed by atoms with Crippen LogP contribution in [0.5, 0.6) is 0 Å². The molecule has 9 aromatic carbocycles. The Morgan fingerprint density at radius 1 is 0.386 bits per heavy atom. The minimum absolute atomic E-state index is 0.205. The lowest BCUT2D eigenvalue weighted by Crippen LogP contribution is -2.17. The van der Waals surface area contributed by atoms with Crippen LogP contribution in [0, 0.1) is 0 Å². The second-order valence-corrected chi connectivity index (χ2v) is 16.7. The fourth-order valence-corrected chi connectivity index (χ4v) is 10.4. The zero-order valence-electron chi connectivity index (χ0n) is 31.9. The second kappa shape index (κ2) is 13.2. The van der Waals surface area contributed by atoms with E-state index in [9.17, 15) is 0 Å². The van der Waals surface area contributed by atoms with E-state index >= 15 is 0 Å². The molecule has 0 bridgehead atoms. The average Bonchev–Trinajstić information content (AvgIpc) is 3.76. The molecule has 1 heterocycles. The Kier molecular flexibility index (Phi) is 7.77. The first-order valence-corrected chi connectivity index (χ1v) is 20.6. The summed E-state index contributed by atoms with van der Waals surface area (Å²) in [5, 5.41) is 5.15. The van der Waals surface area contributed by atoms with Crippen molar-refractivity contribution < 1.29 is 0 Å². The molecule has 57 heavy (non-hydrogen) atoms. The van der Waals surface area contributed by atoms with E-state index in [2.05, 4.69) is 219 Å². The summed E-state index contributed by atoms with van der Waals surface area (Å²) in [4.78, 5) is 2.51. The summed E-state index contributed by atoms with van der Waals surface area (Å²) in [5.41, 5.74) is 16.0. The van der Waals surface area contributed by atoms with Gasteiger partial charge in [0.15, 0.2) is 0 Å². The van der Waals surface area contributed by atoms with Crippen LogP contribution in [-0.2, 0) is 5.41 Å². The third kappa shape index (κ3) is 5.44. The van der Waals surface area contributed by atoms with Gasteiger partial charge in [-0.25, -0.2) is 0 Å². The maximum absolute atomic E-state index is 2.51. The van der Waals surface area contributed by atoms with E-state index in [4.69, 9.17) is 0 Å². The van der Waals surface area contributed by atoms with E-state index in [1.807, 2.05) is 11.3 Å². The van der Waals surface area contributed by atoms with Crippen molar-refractivity contribution in [3.05, 3.63) is 211 Å². The summed E-state index contributed by atoms with van der Waals surface area (Å²) in [5.74, 6) is 0. The first kappa shape index (κ1) is 33.6. The summed E-state index contributed by atoms with van der Waals surface area (Å²) in [6.07, 6.45) is 0. The number of anilines is 3. The van der Waals surface area contributed by atoms with Gasteiger partial charge in [-0.1, -0.05) is 178 Å². The van der Waals surface area contributed by atoms with Gasteiger partial charge in [0.1, 0.15) is 0 Å². The molecule has 0 fully saturated rings. The molecule has 0 spiro atoms. The number of para-hydroxylation sites is 1. The van der Waals surface area contributed by atoms with E-state index in [1.165, 1.54) is 92.3 Å². The maximum Gasteiger partial charge on any atom is 0.0640 e. The van der Waals surface area contributed by atoms with E-state index < -0.39 is 0 Å². The van der Waals surface area contributed by atoms with Crippen LogP contribution in [0.2, 0.25) is 0 Å². The van der Waals surface area contributed by atoms with Crippen LogP contribution in [-0.4, -0.2) is 0 Å². The van der Waals surface area contributed by atoms with Crippen LogP contribution in [0.25, 0.3) is 75.5 Å². The van der Waals surface area contributed by atoms with Gasteiger partial charge >= 0.3 is 0 Å². The summed E-state index contributed by atoms with van der Waals surface area (Å²) in [6.45, 7) is 4.79. The van der Waals surface area contributed by atoms with Crippen molar-refractivity contribution in [3.8, 4) is 44.5 Å². The van der Waals surface area contributed by atoms with E-state index in [0.717, 1.165) is 11.4 Å². The van der Waals surface area contributed by atoms with E-state index in [1.54, 1.807) is 0 Å². The number of hydrogen-bond acceptors (Lipinski definition) is 2. The van der Waals surface area contributed by atoms with Gasteiger partial charge in [0.2, 0.25) is 0 Å². The molecule has 0 unspecified atom stereocenters. The molecule has 0 atom stereocenters. The van der Waals surface area contributed by atoms with Crippen LogP contribution in [0.4, 0.5) is 17.1 Å². The van der Waals surface area contributed by atoms with Crippen molar-refractivity contribution in [3.63, 3.8) is 0 Å². The normalized spacial score (nSPS) is 12.9.